The number of fused-ring (bicyclic) bond motifs is 7. The lowest BCUT2D eigenvalue weighted by molar-refractivity contribution is -0.133. The molecule has 5 saturated heterocycles. The van der Waals surface area contributed by atoms with Gasteiger partial charge in [0.15, 0.2) is 12.0 Å². The lowest BCUT2D eigenvalue weighted by Gasteiger charge is -2.52. The first kappa shape index (κ1) is 39.9. The number of carbonyl (C=O) groups is 1. The number of ether oxygens (including phenoxy) is 3. The highest BCUT2D eigenvalue weighted by Gasteiger charge is 2.69. The topological polar surface area (TPSA) is 111 Å². The third-order valence-corrected chi connectivity index (χ3v) is 14.0. The summed E-state index contributed by atoms with van der Waals surface area (Å²) in [4.78, 5) is 33.2. The molecule has 1 unspecified atom stereocenters. The molecule has 60 heavy (non-hydrogen) atoms. The van der Waals surface area contributed by atoms with Gasteiger partial charge in [-0.3, -0.25) is 4.90 Å². The number of nitrogens with zero attached hydrogens (tertiary/aromatic N) is 8. The van der Waals surface area contributed by atoms with Crippen LogP contribution < -0.4 is 9.64 Å². The van der Waals surface area contributed by atoms with Crippen molar-refractivity contribution in [2.45, 2.75) is 140 Å². The van der Waals surface area contributed by atoms with Gasteiger partial charge in [-0.1, -0.05) is 23.8 Å². The van der Waals surface area contributed by atoms with Gasteiger partial charge in [0.1, 0.15) is 29.2 Å². The van der Waals surface area contributed by atoms with Crippen molar-refractivity contribution in [3.63, 3.8) is 0 Å². The van der Waals surface area contributed by atoms with E-state index in [4.69, 9.17) is 45.9 Å². The van der Waals surface area contributed by atoms with Gasteiger partial charge in [0, 0.05) is 36.0 Å². The predicted octanol–water partition coefficient (Wildman–Crippen LogP) is 9.46. The normalized spacial score (nSPS) is 27.7. The van der Waals surface area contributed by atoms with Crippen molar-refractivity contribution >= 4 is 51.4 Å². The molecule has 10 rings (SSSR count). The highest BCUT2D eigenvalue weighted by atomic mass is 35.5. The van der Waals surface area contributed by atoms with Gasteiger partial charge in [0.2, 0.25) is 11.6 Å². The Morgan fingerprint density at radius 3 is 2.58 bits per heavy atom. The van der Waals surface area contributed by atoms with E-state index in [1.165, 1.54) is 0 Å². The minimum Gasteiger partial charge on any atom is -0.461 e. The second kappa shape index (κ2) is 14.4. The number of aryl methyl sites for hydroxylation is 1. The summed E-state index contributed by atoms with van der Waals surface area (Å²) >= 11 is 7.06. The van der Waals surface area contributed by atoms with E-state index in [-0.39, 0.29) is 59.5 Å². The summed E-state index contributed by atoms with van der Waals surface area (Å²) in [6.45, 7) is 9.34. The van der Waals surface area contributed by atoms with Crippen molar-refractivity contribution in [1.82, 2.24) is 34.5 Å². The van der Waals surface area contributed by atoms with Crippen molar-refractivity contribution in [2.24, 2.45) is 0 Å². The van der Waals surface area contributed by atoms with E-state index in [1.54, 1.807) is 31.9 Å². The van der Waals surface area contributed by atoms with Crippen molar-refractivity contribution in [2.75, 3.05) is 37.7 Å². The van der Waals surface area contributed by atoms with Crippen LogP contribution in [0.5, 0.6) is 6.01 Å². The maximum Gasteiger partial charge on any atom is 0.415 e. The van der Waals surface area contributed by atoms with E-state index in [9.17, 15) is 4.79 Å². The summed E-state index contributed by atoms with van der Waals surface area (Å²) in [6, 6.07) is 0.741. The highest BCUT2D eigenvalue weighted by Crippen LogP contribution is 2.55. The monoisotopic (exact) mass is 848 g/mol. The highest BCUT2D eigenvalue weighted by molar-refractivity contribution is 6.34. The summed E-state index contributed by atoms with van der Waals surface area (Å²) in [7, 11) is 0. The first-order valence-electron chi connectivity index (χ1n) is 21.6. The van der Waals surface area contributed by atoms with Crippen LogP contribution in [0.25, 0.3) is 39.1 Å². The van der Waals surface area contributed by atoms with Crippen LogP contribution in [0, 0.1) is 5.82 Å². The van der Waals surface area contributed by atoms with Crippen LogP contribution in [0.2, 0.25) is 5.02 Å². The summed E-state index contributed by atoms with van der Waals surface area (Å²) in [5.41, 5.74) is 1.02. The summed E-state index contributed by atoms with van der Waals surface area (Å²) in [6.07, 6.45) is 11.3. The van der Waals surface area contributed by atoms with Gasteiger partial charge in [-0.05, 0) is 111 Å². The summed E-state index contributed by atoms with van der Waals surface area (Å²) in [5.74, 6) is -5.46. The zero-order valence-electron chi connectivity index (χ0n) is 34.7. The molecule has 0 spiro atoms. The molecule has 5 fully saturated rings. The van der Waals surface area contributed by atoms with Gasteiger partial charge >= 0.3 is 12.1 Å². The van der Waals surface area contributed by atoms with Crippen LogP contribution in [0.4, 0.5) is 23.8 Å². The Hall–Kier alpha value is -4.21. The molecule has 0 radical (unpaired) electrons. The smallest absolute Gasteiger partial charge is 0.415 e. The molecule has 1 amide bonds. The van der Waals surface area contributed by atoms with E-state index in [1.807, 2.05) is 29.8 Å². The lowest BCUT2D eigenvalue weighted by atomic mass is 9.90. The number of amides is 1. The number of benzene rings is 1. The van der Waals surface area contributed by atoms with Crippen molar-refractivity contribution in [1.29, 1.82) is 0 Å². The van der Waals surface area contributed by atoms with Crippen LogP contribution in [0.15, 0.2) is 18.3 Å². The minimum atomic E-state index is -2.43. The molecule has 0 N–H and O–H groups in total. The first-order chi connectivity index (χ1) is 28.7. The largest absolute Gasteiger partial charge is 0.461 e. The van der Waals surface area contributed by atoms with Crippen LogP contribution in [0.1, 0.15) is 116 Å². The third kappa shape index (κ3) is 6.26. The molecule has 6 aliphatic rings. The van der Waals surface area contributed by atoms with Crippen molar-refractivity contribution in [3.8, 4) is 17.3 Å². The van der Waals surface area contributed by atoms with E-state index in [2.05, 4.69) is 4.90 Å². The van der Waals surface area contributed by atoms with Crippen molar-refractivity contribution in [3.05, 3.63) is 40.4 Å². The molecule has 1 aromatic carbocycles. The van der Waals surface area contributed by atoms with Gasteiger partial charge in [0.25, 0.3) is 0 Å². The number of alkyl halides is 2. The fourth-order valence-electron chi connectivity index (χ4n) is 11.1. The molecule has 6 aliphatic heterocycles. The van der Waals surface area contributed by atoms with Crippen LogP contribution in [-0.2, 0) is 15.9 Å². The number of carbonyl (C=O) groups excluding carboxylic acids is 1. The molecule has 16 heteroatoms. The standard InChI is InChI=1S/C44H52ClF3N8O4/c1-5-11-26-28(45)22-30-27(23-49-55(30)32-14-6-7-21-58-32)33(26)36-35(46)37-34-29(50-36)12-8-13-31-44(48)18-17-43(47,56(44)40(57)60-41(2,3)4)24-54(31)38(34)52-39(51-37)59-25-42-15-9-19-53(42)20-10-16-42/h5,11,22-23,31-32H,6-10,12-21,24-25H2,1-4H3/b11-5-/t31-,32?,43-,44+/m1/s1. The van der Waals surface area contributed by atoms with Gasteiger partial charge in [-0.15, -0.1) is 0 Å². The first-order valence-corrected chi connectivity index (χ1v) is 22.0. The SMILES string of the molecule is C/C=C\c1c(Cl)cc2c(cnn2C2CCCCO2)c1-c1nc2c3c(nc(OCC45CCCN4CCC5)nc3c1F)N1C[C@@]3(F)CC[C@@](F)([C@H]1CCC2)N3C(=O)OC(C)(C)C. The zero-order valence-corrected chi connectivity index (χ0v) is 35.5. The maximum absolute atomic E-state index is 18.0. The fraction of sp³-hybridized carbons (Fsp3) is 0.614. The number of hydrogen-bond donors (Lipinski definition) is 0. The third-order valence-electron chi connectivity index (χ3n) is 13.7. The molecular formula is C44H52ClF3N8O4. The van der Waals surface area contributed by atoms with Gasteiger partial charge < -0.3 is 19.1 Å². The Labute approximate surface area is 352 Å². The molecule has 0 aliphatic carbocycles. The predicted molar refractivity (Wildman–Crippen MR) is 222 cm³/mol. The minimum absolute atomic E-state index is 0.0324. The zero-order chi connectivity index (χ0) is 41.8. The number of halogens is 4. The van der Waals surface area contributed by atoms with E-state index in [0.717, 1.165) is 58.0 Å². The van der Waals surface area contributed by atoms with Gasteiger partial charge in [-0.2, -0.15) is 15.1 Å². The summed E-state index contributed by atoms with van der Waals surface area (Å²) < 4.78 is 73.2. The number of rotatable bonds is 6. The molecule has 320 valence electrons. The second-order valence-electron chi connectivity index (χ2n) is 18.6. The van der Waals surface area contributed by atoms with Crippen LogP contribution in [-0.4, -0.2) is 102 Å². The van der Waals surface area contributed by atoms with Crippen LogP contribution >= 0.6 is 11.6 Å². The van der Waals surface area contributed by atoms with Crippen molar-refractivity contribution < 1.29 is 32.2 Å². The average Bonchev–Trinajstić information content (AvgIpc) is 3.96. The Morgan fingerprint density at radius 2 is 1.85 bits per heavy atom. The lowest BCUT2D eigenvalue weighted by Crippen LogP contribution is -2.71. The number of pyridine rings is 1. The molecule has 4 atom stereocenters. The molecule has 2 bridgehead atoms. The Balaban J connectivity index is 1.17. The summed E-state index contributed by atoms with van der Waals surface area (Å²) in [5, 5.41) is 6.05. The molecular weight excluding hydrogens is 797 g/mol. The quantitative estimate of drug-likeness (QED) is 0.174. The number of allylic oxidation sites excluding steroid dienone is 1. The Kier molecular flexibility index (Phi) is 9.60. The fourth-order valence-corrected chi connectivity index (χ4v) is 11.3. The Bertz CT molecular complexity index is 2410. The molecule has 3 aromatic heterocycles. The van der Waals surface area contributed by atoms with E-state index < -0.39 is 41.7 Å². The number of piperazine rings is 1. The molecule has 12 nitrogen and oxygen atoms in total. The van der Waals surface area contributed by atoms with E-state index in [0.29, 0.717) is 63.7 Å². The molecule has 4 aromatic rings. The number of hydrogen-bond acceptors (Lipinski definition) is 10. The average molecular weight is 849 g/mol. The maximum atomic E-state index is 18.0. The van der Waals surface area contributed by atoms with Gasteiger partial charge in [0.05, 0.1) is 45.9 Å². The van der Waals surface area contributed by atoms with E-state index >= 15 is 13.2 Å². The molecule has 9 heterocycles. The molecule has 0 saturated carbocycles. The number of aromatic nitrogens is 5. The second-order valence-corrected chi connectivity index (χ2v) is 19.0. The van der Waals surface area contributed by atoms with Crippen LogP contribution in [0.3, 0.4) is 0 Å². The Morgan fingerprint density at radius 1 is 1.05 bits per heavy atom. The van der Waals surface area contributed by atoms with Gasteiger partial charge in [-0.25, -0.2) is 32.5 Å². The number of anilines is 1.